The van der Waals surface area contributed by atoms with E-state index in [2.05, 4.69) is 0 Å². The molecule has 15 heavy (non-hydrogen) atoms. The van der Waals surface area contributed by atoms with Gasteiger partial charge < -0.3 is 5.73 Å². The number of hydrogen-bond acceptors (Lipinski definition) is 2. The zero-order valence-corrected chi connectivity index (χ0v) is 9.49. The van der Waals surface area contributed by atoms with Crippen LogP contribution in [0.25, 0.3) is 0 Å². The Balaban J connectivity index is 2.76. The molecule has 0 heterocycles. The summed E-state index contributed by atoms with van der Waals surface area (Å²) in [6.45, 7) is 4.52. The average molecular weight is 205 g/mol. The number of carbonyl (C=O) groups excluding carboxylic acids is 1. The minimum Gasteiger partial charge on any atom is -0.326 e. The Morgan fingerprint density at radius 3 is 2.47 bits per heavy atom. The second-order valence-corrected chi connectivity index (χ2v) is 3.93. The standard InChI is InChI=1S/C13H19NO/c1-3-10(2)13(15)8-11-6-4-5-7-12(11)9-14/h4-7,10H,3,8-9,14H2,1-2H3. The van der Waals surface area contributed by atoms with E-state index in [4.69, 9.17) is 5.73 Å². The normalized spacial score (nSPS) is 12.5. The Labute approximate surface area is 91.5 Å². The minimum absolute atomic E-state index is 0.149. The molecule has 2 heteroatoms. The SMILES string of the molecule is CCC(C)C(=O)Cc1ccccc1CN. The van der Waals surface area contributed by atoms with Gasteiger partial charge in [0.2, 0.25) is 0 Å². The summed E-state index contributed by atoms with van der Waals surface area (Å²) in [7, 11) is 0. The van der Waals surface area contributed by atoms with Gasteiger partial charge in [-0.25, -0.2) is 0 Å². The third kappa shape index (κ3) is 3.17. The Morgan fingerprint density at radius 1 is 1.33 bits per heavy atom. The molecule has 0 aliphatic rings. The van der Waals surface area contributed by atoms with E-state index in [0.717, 1.165) is 17.5 Å². The number of hydrogen-bond donors (Lipinski definition) is 1. The number of Topliss-reactive ketones (excluding diaryl/α,β-unsaturated/α-hetero) is 1. The monoisotopic (exact) mass is 205 g/mol. The number of rotatable bonds is 5. The Bertz CT molecular complexity index is 333. The molecule has 2 nitrogen and oxygen atoms in total. The van der Waals surface area contributed by atoms with Crippen LogP contribution >= 0.6 is 0 Å². The van der Waals surface area contributed by atoms with E-state index in [9.17, 15) is 4.79 Å². The van der Waals surface area contributed by atoms with Crippen LogP contribution in [0.15, 0.2) is 24.3 Å². The predicted molar refractivity (Wildman–Crippen MR) is 62.5 cm³/mol. The Morgan fingerprint density at radius 2 is 1.93 bits per heavy atom. The molecule has 0 aliphatic heterocycles. The second-order valence-electron chi connectivity index (χ2n) is 3.93. The topological polar surface area (TPSA) is 43.1 Å². The van der Waals surface area contributed by atoms with Gasteiger partial charge in [-0.05, 0) is 17.5 Å². The first-order chi connectivity index (χ1) is 7.19. The van der Waals surface area contributed by atoms with E-state index in [1.165, 1.54) is 0 Å². The van der Waals surface area contributed by atoms with Gasteiger partial charge in [0.05, 0.1) is 0 Å². The molecule has 0 saturated carbocycles. The molecule has 1 rings (SSSR count). The van der Waals surface area contributed by atoms with Crippen molar-refractivity contribution >= 4 is 5.78 Å². The zero-order valence-electron chi connectivity index (χ0n) is 9.49. The van der Waals surface area contributed by atoms with Crippen molar-refractivity contribution in [2.24, 2.45) is 11.7 Å². The van der Waals surface area contributed by atoms with Crippen molar-refractivity contribution in [2.45, 2.75) is 33.2 Å². The molecule has 0 radical (unpaired) electrons. The number of nitrogens with two attached hydrogens (primary N) is 1. The van der Waals surface area contributed by atoms with Crippen LogP contribution in [0.1, 0.15) is 31.4 Å². The molecule has 0 amide bonds. The lowest BCUT2D eigenvalue weighted by atomic mass is 9.95. The van der Waals surface area contributed by atoms with Crippen LogP contribution in [0.2, 0.25) is 0 Å². The van der Waals surface area contributed by atoms with Gasteiger partial charge in [-0.3, -0.25) is 4.79 Å². The van der Waals surface area contributed by atoms with E-state index in [1.54, 1.807) is 0 Å². The maximum atomic E-state index is 11.8. The summed E-state index contributed by atoms with van der Waals surface area (Å²) >= 11 is 0. The van der Waals surface area contributed by atoms with Crippen molar-refractivity contribution in [3.05, 3.63) is 35.4 Å². The first-order valence-electron chi connectivity index (χ1n) is 5.48. The van der Waals surface area contributed by atoms with Crippen LogP contribution in [0, 0.1) is 5.92 Å². The first kappa shape index (κ1) is 11.9. The van der Waals surface area contributed by atoms with Crippen LogP contribution in [-0.2, 0) is 17.8 Å². The van der Waals surface area contributed by atoms with Gasteiger partial charge in [-0.15, -0.1) is 0 Å². The molecule has 1 unspecified atom stereocenters. The predicted octanol–water partition coefficient (Wildman–Crippen LogP) is 2.30. The van der Waals surface area contributed by atoms with E-state index in [-0.39, 0.29) is 5.92 Å². The fourth-order valence-electron chi connectivity index (χ4n) is 1.52. The molecule has 1 aromatic rings. The van der Waals surface area contributed by atoms with Gasteiger partial charge in [-0.1, -0.05) is 38.1 Å². The molecule has 0 aliphatic carbocycles. The Kier molecular flexibility index (Phi) is 4.50. The number of benzene rings is 1. The third-order valence-electron chi connectivity index (χ3n) is 2.87. The highest BCUT2D eigenvalue weighted by molar-refractivity contribution is 5.83. The van der Waals surface area contributed by atoms with E-state index >= 15 is 0 Å². The van der Waals surface area contributed by atoms with Crippen LogP contribution in [-0.4, -0.2) is 5.78 Å². The smallest absolute Gasteiger partial charge is 0.140 e. The summed E-state index contributed by atoms with van der Waals surface area (Å²) in [6, 6.07) is 7.89. The fourth-order valence-corrected chi connectivity index (χ4v) is 1.52. The molecule has 1 atom stereocenters. The van der Waals surface area contributed by atoms with Gasteiger partial charge in [-0.2, -0.15) is 0 Å². The van der Waals surface area contributed by atoms with Crippen molar-refractivity contribution in [1.29, 1.82) is 0 Å². The lowest BCUT2D eigenvalue weighted by molar-refractivity contribution is -0.121. The maximum absolute atomic E-state index is 11.8. The van der Waals surface area contributed by atoms with Crippen molar-refractivity contribution in [3.63, 3.8) is 0 Å². The number of carbonyl (C=O) groups is 1. The molecular weight excluding hydrogens is 186 g/mol. The van der Waals surface area contributed by atoms with Gasteiger partial charge in [0.25, 0.3) is 0 Å². The molecule has 2 N–H and O–H groups in total. The molecular formula is C13H19NO. The summed E-state index contributed by atoms with van der Waals surface area (Å²) in [5, 5.41) is 0. The molecule has 1 aromatic carbocycles. The molecule has 0 fully saturated rings. The minimum atomic E-state index is 0.149. The summed E-state index contributed by atoms with van der Waals surface area (Å²) < 4.78 is 0. The summed E-state index contributed by atoms with van der Waals surface area (Å²) in [5.41, 5.74) is 7.78. The van der Waals surface area contributed by atoms with E-state index < -0.39 is 0 Å². The van der Waals surface area contributed by atoms with Crippen LogP contribution in [0.4, 0.5) is 0 Å². The van der Waals surface area contributed by atoms with E-state index in [0.29, 0.717) is 18.7 Å². The van der Waals surface area contributed by atoms with Crippen molar-refractivity contribution < 1.29 is 4.79 Å². The third-order valence-corrected chi connectivity index (χ3v) is 2.87. The summed E-state index contributed by atoms with van der Waals surface area (Å²) in [4.78, 5) is 11.8. The molecule has 0 spiro atoms. The van der Waals surface area contributed by atoms with Gasteiger partial charge in [0.1, 0.15) is 5.78 Å². The second kappa shape index (κ2) is 5.66. The summed E-state index contributed by atoms with van der Waals surface area (Å²) in [5.74, 6) is 0.453. The highest BCUT2D eigenvalue weighted by Gasteiger charge is 2.12. The van der Waals surface area contributed by atoms with E-state index in [1.807, 2.05) is 38.1 Å². The molecule has 82 valence electrons. The van der Waals surface area contributed by atoms with Crippen LogP contribution < -0.4 is 5.73 Å². The first-order valence-corrected chi connectivity index (χ1v) is 5.48. The molecule has 0 bridgehead atoms. The van der Waals surface area contributed by atoms with Crippen molar-refractivity contribution in [2.75, 3.05) is 0 Å². The van der Waals surface area contributed by atoms with Crippen LogP contribution in [0.3, 0.4) is 0 Å². The zero-order chi connectivity index (χ0) is 11.3. The van der Waals surface area contributed by atoms with Crippen LogP contribution in [0.5, 0.6) is 0 Å². The van der Waals surface area contributed by atoms with Crippen molar-refractivity contribution in [1.82, 2.24) is 0 Å². The summed E-state index contributed by atoms with van der Waals surface area (Å²) in [6.07, 6.45) is 1.42. The highest BCUT2D eigenvalue weighted by atomic mass is 16.1. The highest BCUT2D eigenvalue weighted by Crippen LogP contribution is 2.13. The molecule has 0 saturated heterocycles. The molecule has 0 aromatic heterocycles. The quantitative estimate of drug-likeness (QED) is 0.801. The lowest BCUT2D eigenvalue weighted by Crippen LogP contribution is -2.14. The van der Waals surface area contributed by atoms with Gasteiger partial charge >= 0.3 is 0 Å². The lowest BCUT2D eigenvalue weighted by Gasteiger charge is -2.10. The maximum Gasteiger partial charge on any atom is 0.140 e. The van der Waals surface area contributed by atoms with Gasteiger partial charge in [0.15, 0.2) is 0 Å². The largest absolute Gasteiger partial charge is 0.326 e. The van der Waals surface area contributed by atoms with Gasteiger partial charge in [0, 0.05) is 18.9 Å². The van der Waals surface area contributed by atoms with Crippen molar-refractivity contribution in [3.8, 4) is 0 Å². The number of ketones is 1. The average Bonchev–Trinajstić information content (AvgIpc) is 2.28. The Hall–Kier alpha value is -1.15. The fraction of sp³-hybridized carbons (Fsp3) is 0.462.